The van der Waals surface area contributed by atoms with E-state index >= 15 is 0 Å². The van der Waals surface area contributed by atoms with E-state index in [1.165, 1.54) is 23.1 Å². The summed E-state index contributed by atoms with van der Waals surface area (Å²) in [7, 11) is 0. The van der Waals surface area contributed by atoms with Crippen LogP contribution in [-0.4, -0.2) is 22.6 Å². The highest BCUT2D eigenvalue weighted by molar-refractivity contribution is 8.01. The number of nitrogens with one attached hydrogen (secondary N) is 2. The summed E-state index contributed by atoms with van der Waals surface area (Å²) < 4.78 is 1.80. The monoisotopic (exact) mass is 433 g/mol. The lowest BCUT2D eigenvalue weighted by atomic mass is 10.2. The Labute approximate surface area is 176 Å². The standard InChI is InChI=1S/C20H20ClN3O2S2/c1-2-3-4-18(25)23-15-9-10-16-17(11-15)28-20(24-16)27-12-19(26)22-14-7-5-13(21)6-8-14/h5-11H,2-4,12H2,1H3,(H,22,26)(H,23,25). The van der Waals surface area contributed by atoms with Crippen LogP contribution in [0.4, 0.5) is 11.4 Å². The summed E-state index contributed by atoms with van der Waals surface area (Å²) >= 11 is 8.74. The molecule has 146 valence electrons. The second kappa shape index (κ2) is 9.91. The molecule has 0 saturated carbocycles. The van der Waals surface area contributed by atoms with Gasteiger partial charge in [0.15, 0.2) is 4.34 Å². The minimum atomic E-state index is -0.101. The van der Waals surface area contributed by atoms with E-state index in [1.54, 1.807) is 24.3 Å². The first-order valence-electron chi connectivity index (χ1n) is 8.92. The van der Waals surface area contributed by atoms with E-state index in [2.05, 4.69) is 22.5 Å². The second-order valence-corrected chi connectivity index (χ2v) is 8.85. The third-order valence-electron chi connectivity index (χ3n) is 3.86. The number of halogens is 1. The zero-order valence-corrected chi connectivity index (χ0v) is 17.7. The summed E-state index contributed by atoms with van der Waals surface area (Å²) in [5.41, 5.74) is 2.34. The molecule has 1 heterocycles. The van der Waals surface area contributed by atoms with Crippen molar-refractivity contribution in [3.63, 3.8) is 0 Å². The SMILES string of the molecule is CCCCC(=O)Nc1ccc2nc(SCC(=O)Nc3ccc(Cl)cc3)sc2c1. The minimum Gasteiger partial charge on any atom is -0.326 e. The van der Waals surface area contributed by atoms with Crippen LogP contribution in [0.15, 0.2) is 46.8 Å². The Morgan fingerprint density at radius 1 is 1.07 bits per heavy atom. The lowest BCUT2D eigenvalue weighted by Gasteiger charge is -2.04. The van der Waals surface area contributed by atoms with Crippen LogP contribution in [0, 0.1) is 0 Å². The van der Waals surface area contributed by atoms with Crippen molar-refractivity contribution < 1.29 is 9.59 Å². The van der Waals surface area contributed by atoms with Gasteiger partial charge in [0.2, 0.25) is 11.8 Å². The molecule has 0 aliphatic rings. The quantitative estimate of drug-likeness (QED) is 0.440. The minimum absolute atomic E-state index is 0.0270. The Morgan fingerprint density at radius 2 is 1.79 bits per heavy atom. The zero-order valence-electron chi connectivity index (χ0n) is 15.3. The number of unbranched alkanes of at least 4 members (excludes halogenated alkanes) is 1. The number of anilines is 2. The fraction of sp³-hybridized carbons (Fsp3) is 0.250. The van der Waals surface area contributed by atoms with Crippen LogP contribution in [0.25, 0.3) is 10.2 Å². The molecule has 0 bridgehead atoms. The van der Waals surface area contributed by atoms with Crippen LogP contribution < -0.4 is 10.6 Å². The van der Waals surface area contributed by atoms with Crippen molar-refractivity contribution in [3.8, 4) is 0 Å². The number of fused-ring (bicyclic) bond motifs is 1. The fourth-order valence-electron chi connectivity index (χ4n) is 2.46. The number of aromatic nitrogens is 1. The van der Waals surface area contributed by atoms with Crippen LogP contribution >= 0.6 is 34.7 Å². The van der Waals surface area contributed by atoms with Gasteiger partial charge in [-0.2, -0.15) is 0 Å². The van der Waals surface area contributed by atoms with Gasteiger partial charge < -0.3 is 10.6 Å². The third-order valence-corrected chi connectivity index (χ3v) is 6.28. The van der Waals surface area contributed by atoms with Gasteiger partial charge in [-0.05, 0) is 48.9 Å². The van der Waals surface area contributed by atoms with Gasteiger partial charge in [-0.15, -0.1) is 11.3 Å². The summed E-state index contributed by atoms with van der Waals surface area (Å²) in [5.74, 6) is 0.193. The molecule has 2 N–H and O–H groups in total. The highest BCUT2D eigenvalue weighted by Crippen LogP contribution is 2.31. The summed E-state index contributed by atoms with van der Waals surface area (Å²) in [4.78, 5) is 28.5. The Balaban J connectivity index is 1.57. The highest BCUT2D eigenvalue weighted by atomic mass is 35.5. The fourth-order valence-corrected chi connectivity index (χ4v) is 4.50. The molecule has 28 heavy (non-hydrogen) atoms. The number of nitrogens with zero attached hydrogens (tertiary/aromatic N) is 1. The normalized spacial score (nSPS) is 10.8. The molecule has 0 aliphatic carbocycles. The first-order chi connectivity index (χ1) is 13.5. The van der Waals surface area contributed by atoms with Crippen LogP contribution in [0.1, 0.15) is 26.2 Å². The molecule has 2 amide bonds. The maximum Gasteiger partial charge on any atom is 0.234 e. The molecular weight excluding hydrogens is 414 g/mol. The summed E-state index contributed by atoms with van der Waals surface area (Å²) in [6.07, 6.45) is 2.40. The Bertz CT molecular complexity index is 973. The molecule has 2 aromatic carbocycles. The molecule has 0 unspecified atom stereocenters. The van der Waals surface area contributed by atoms with Crippen molar-refractivity contribution in [2.75, 3.05) is 16.4 Å². The van der Waals surface area contributed by atoms with E-state index in [1.807, 2.05) is 18.2 Å². The van der Waals surface area contributed by atoms with Gasteiger partial charge >= 0.3 is 0 Å². The van der Waals surface area contributed by atoms with E-state index < -0.39 is 0 Å². The van der Waals surface area contributed by atoms with Crippen molar-refractivity contribution in [2.24, 2.45) is 0 Å². The predicted molar refractivity (Wildman–Crippen MR) is 119 cm³/mol. The topological polar surface area (TPSA) is 71.1 Å². The van der Waals surface area contributed by atoms with E-state index in [0.29, 0.717) is 17.1 Å². The van der Waals surface area contributed by atoms with Gasteiger partial charge in [-0.25, -0.2) is 4.98 Å². The number of hydrogen-bond donors (Lipinski definition) is 2. The summed E-state index contributed by atoms with van der Waals surface area (Å²) in [5, 5.41) is 6.38. The molecule has 1 aromatic heterocycles. The molecule has 5 nitrogen and oxygen atoms in total. The lowest BCUT2D eigenvalue weighted by molar-refractivity contribution is -0.116. The van der Waals surface area contributed by atoms with Crippen LogP contribution in [0.5, 0.6) is 0 Å². The molecule has 0 fully saturated rings. The van der Waals surface area contributed by atoms with Gasteiger partial charge in [-0.1, -0.05) is 36.7 Å². The van der Waals surface area contributed by atoms with Gasteiger partial charge in [0.25, 0.3) is 0 Å². The number of benzene rings is 2. The Hall–Kier alpha value is -2.09. The average molecular weight is 434 g/mol. The van der Waals surface area contributed by atoms with Crippen molar-refractivity contribution in [2.45, 2.75) is 30.5 Å². The summed E-state index contributed by atoms with van der Waals surface area (Å²) in [6.45, 7) is 2.06. The maximum absolute atomic E-state index is 12.1. The first-order valence-corrected chi connectivity index (χ1v) is 11.1. The van der Waals surface area contributed by atoms with Crippen molar-refractivity contribution in [1.29, 1.82) is 0 Å². The van der Waals surface area contributed by atoms with E-state index in [4.69, 9.17) is 11.6 Å². The molecular formula is C20H20ClN3O2S2. The van der Waals surface area contributed by atoms with Gasteiger partial charge in [-0.3, -0.25) is 9.59 Å². The van der Waals surface area contributed by atoms with E-state index in [-0.39, 0.29) is 17.6 Å². The lowest BCUT2D eigenvalue weighted by Crippen LogP contribution is -2.13. The number of rotatable bonds is 8. The molecule has 0 spiro atoms. The number of thioether (sulfide) groups is 1. The number of hydrogen-bond acceptors (Lipinski definition) is 5. The number of amides is 2. The molecule has 0 saturated heterocycles. The molecule has 0 aliphatic heterocycles. The van der Waals surface area contributed by atoms with Gasteiger partial charge in [0.05, 0.1) is 16.0 Å². The van der Waals surface area contributed by atoms with Gasteiger partial charge in [0, 0.05) is 22.8 Å². The smallest absolute Gasteiger partial charge is 0.234 e. The van der Waals surface area contributed by atoms with Gasteiger partial charge in [0.1, 0.15) is 0 Å². The summed E-state index contributed by atoms with van der Waals surface area (Å²) in [6, 6.07) is 12.7. The Kier molecular flexibility index (Phi) is 7.30. The molecule has 3 aromatic rings. The number of thiazole rings is 1. The van der Waals surface area contributed by atoms with Crippen molar-refractivity contribution in [3.05, 3.63) is 47.5 Å². The van der Waals surface area contributed by atoms with Crippen molar-refractivity contribution >= 4 is 68.1 Å². The van der Waals surface area contributed by atoms with E-state index in [9.17, 15) is 9.59 Å². The predicted octanol–water partition coefficient (Wildman–Crippen LogP) is 5.81. The van der Waals surface area contributed by atoms with Crippen LogP contribution in [0.3, 0.4) is 0 Å². The molecule has 0 radical (unpaired) electrons. The highest BCUT2D eigenvalue weighted by Gasteiger charge is 2.10. The number of carbonyl (C=O) groups excluding carboxylic acids is 2. The van der Waals surface area contributed by atoms with Crippen molar-refractivity contribution in [1.82, 2.24) is 4.98 Å². The van der Waals surface area contributed by atoms with Crippen LogP contribution in [0.2, 0.25) is 5.02 Å². The number of carbonyl (C=O) groups is 2. The Morgan fingerprint density at radius 3 is 2.54 bits per heavy atom. The largest absolute Gasteiger partial charge is 0.326 e. The average Bonchev–Trinajstić information content (AvgIpc) is 3.09. The first kappa shape index (κ1) is 20.6. The second-order valence-electron chi connectivity index (χ2n) is 6.16. The molecule has 8 heteroatoms. The molecule has 3 rings (SSSR count). The zero-order chi connectivity index (χ0) is 19.9. The third kappa shape index (κ3) is 5.95. The maximum atomic E-state index is 12.1. The van der Waals surface area contributed by atoms with E-state index in [0.717, 1.165) is 33.1 Å². The molecule has 0 atom stereocenters. The van der Waals surface area contributed by atoms with Crippen LogP contribution in [-0.2, 0) is 9.59 Å².